The fraction of sp³-hybridized carbons (Fsp3) is 0.0541. The molecule has 0 spiro atoms. The fourth-order valence-electron chi connectivity index (χ4n) is 6.94. The van der Waals surface area contributed by atoms with Crippen molar-refractivity contribution in [2.75, 3.05) is 0 Å². The van der Waals surface area contributed by atoms with E-state index in [1.807, 2.05) is 15.5 Å². The van der Waals surface area contributed by atoms with E-state index >= 15 is 0 Å². The molecule has 0 unspecified atom stereocenters. The molecule has 9 aromatic rings. The summed E-state index contributed by atoms with van der Waals surface area (Å²) in [5.74, 6) is 0. The van der Waals surface area contributed by atoms with Crippen molar-refractivity contribution in [2.24, 2.45) is 0 Å². The average Bonchev–Trinajstić information content (AvgIpc) is 3.25. The second-order valence-electron chi connectivity index (χ2n) is 11.2. The van der Waals surface area contributed by atoms with Gasteiger partial charge in [-0.15, -0.1) is 0 Å². The summed E-state index contributed by atoms with van der Waals surface area (Å²) in [6, 6.07) is 39.9. The maximum Gasteiger partial charge on any atom is 0.255 e. The maximum atomic E-state index is 6.82. The van der Waals surface area contributed by atoms with Gasteiger partial charge in [-0.05, 0) is 123 Å². The SMILES string of the molecule is Clc1c(Cl)[n+](Cc2cc3ccc4cccc5ccc(c2)c3c45)cn1Cc1cc2ccc3cccc4ccc(c1)c2c34. The Balaban J connectivity index is 1.09. The van der Waals surface area contributed by atoms with Crippen LogP contribution in [0.3, 0.4) is 0 Å². The van der Waals surface area contributed by atoms with Gasteiger partial charge in [-0.1, -0.05) is 84.9 Å². The van der Waals surface area contributed by atoms with E-state index in [-0.39, 0.29) is 0 Å². The van der Waals surface area contributed by atoms with Crippen molar-refractivity contribution in [3.63, 3.8) is 0 Å². The van der Waals surface area contributed by atoms with Crippen LogP contribution < -0.4 is 4.57 Å². The standard InChI is InChI=1S/C37H23Cl2N2/c38-36-37(39)41(20-23-17-30-13-9-26-5-2-6-27-10-14-31(18-23)35(30)33(26)27)21-40(36)19-22-15-28-11-7-24-3-1-4-25-8-12-29(16-22)34(28)32(24)25/h1-18,21H,19-20H2/q+1. The normalized spacial score (nSPS) is 12.3. The van der Waals surface area contributed by atoms with Gasteiger partial charge in [0.2, 0.25) is 6.33 Å². The van der Waals surface area contributed by atoms with Crippen molar-refractivity contribution >= 4 is 87.8 Å². The second-order valence-corrected chi connectivity index (χ2v) is 11.9. The summed E-state index contributed by atoms with van der Waals surface area (Å²) in [6.07, 6.45) is 2.04. The van der Waals surface area contributed by atoms with Crippen LogP contribution in [0.5, 0.6) is 0 Å². The summed E-state index contributed by atoms with van der Waals surface area (Å²) in [5.41, 5.74) is 2.39. The van der Waals surface area contributed by atoms with Crippen molar-refractivity contribution in [3.05, 3.63) is 137 Å². The Labute approximate surface area is 246 Å². The van der Waals surface area contributed by atoms with E-state index in [9.17, 15) is 0 Å². The van der Waals surface area contributed by atoms with E-state index < -0.39 is 0 Å². The topological polar surface area (TPSA) is 8.81 Å². The lowest BCUT2D eigenvalue weighted by atomic mass is 9.93. The molecule has 0 aliphatic carbocycles. The summed E-state index contributed by atoms with van der Waals surface area (Å²) in [5, 5.41) is 16.5. The highest BCUT2D eigenvalue weighted by Gasteiger charge is 2.22. The van der Waals surface area contributed by atoms with Crippen LogP contribution in [0.15, 0.2) is 116 Å². The number of rotatable bonds is 4. The molecule has 0 aliphatic heterocycles. The molecule has 0 aliphatic rings. The second kappa shape index (κ2) is 8.57. The summed E-state index contributed by atoms with van der Waals surface area (Å²) in [4.78, 5) is 0. The molecule has 0 atom stereocenters. The first-order valence-corrected chi connectivity index (χ1v) is 14.6. The van der Waals surface area contributed by atoms with Crippen LogP contribution in [0.25, 0.3) is 64.6 Å². The predicted molar refractivity (Wildman–Crippen MR) is 173 cm³/mol. The molecule has 0 saturated carbocycles. The average molecular weight is 567 g/mol. The van der Waals surface area contributed by atoms with Gasteiger partial charge >= 0.3 is 0 Å². The molecule has 0 N–H and O–H groups in total. The molecule has 9 rings (SSSR count). The molecule has 194 valence electrons. The van der Waals surface area contributed by atoms with Crippen molar-refractivity contribution in [3.8, 4) is 0 Å². The largest absolute Gasteiger partial charge is 0.255 e. The van der Waals surface area contributed by atoms with Crippen molar-refractivity contribution in [1.29, 1.82) is 0 Å². The number of benzene rings is 8. The number of aromatic nitrogens is 2. The van der Waals surface area contributed by atoms with Gasteiger partial charge in [0.15, 0.2) is 0 Å². The summed E-state index contributed by atoms with van der Waals surface area (Å²) < 4.78 is 4.09. The van der Waals surface area contributed by atoms with Gasteiger partial charge in [0.25, 0.3) is 10.3 Å². The minimum Gasteiger partial charge on any atom is -0.215 e. The van der Waals surface area contributed by atoms with Crippen LogP contribution >= 0.6 is 23.2 Å². The van der Waals surface area contributed by atoms with Gasteiger partial charge in [0.05, 0.1) is 0 Å². The van der Waals surface area contributed by atoms with Gasteiger partial charge in [-0.3, -0.25) is 0 Å². The fourth-order valence-corrected chi connectivity index (χ4v) is 7.36. The van der Waals surface area contributed by atoms with Crippen molar-refractivity contribution in [2.45, 2.75) is 13.1 Å². The van der Waals surface area contributed by atoms with E-state index in [0.29, 0.717) is 23.4 Å². The predicted octanol–water partition coefficient (Wildman–Crippen LogP) is 9.97. The first-order valence-electron chi connectivity index (χ1n) is 13.9. The summed E-state index contributed by atoms with van der Waals surface area (Å²) in [7, 11) is 0. The van der Waals surface area contributed by atoms with Crippen LogP contribution in [0.4, 0.5) is 0 Å². The maximum absolute atomic E-state index is 6.82. The Morgan fingerprint density at radius 1 is 0.488 bits per heavy atom. The quantitative estimate of drug-likeness (QED) is 0.148. The summed E-state index contributed by atoms with van der Waals surface area (Å²) >= 11 is 13.6. The van der Waals surface area contributed by atoms with Crippen molar-refractivity contribution in [1.82, 2.24) is 4.57 Å². The molecule has 0 fully saturated rings. The lowest BCUT2D eigenvalue weighted by Crippen LogP contribution is -2.33. The van der Waals surface area contributed by atoms with Crippen molar-refractivity contribution < 1.29 is 4.57 Å². The van der Waals surface area contributed by atoms with Gasteiger partial charge in [0.1, 0.15) is 13.1 Å². The number of nitrogens with zero attached hydrogens (tertiary/aromatic N) is 2. The molecule has 0 saturated heterocycles. The van der Waals surface area contributed by atoms with Crippen LogP contribution in [0.1, 0.15) is 11.1 Å². The zero-order chi connectivity index (χ0) is 27.2. The molecule has 41 heavy (non-hydrogen) atoms. The third-order valence-electron chi connectivity index (χ3n) is 8.71. The highest BCUT2D eigenvalue weighted by molar-refractivity contribution is 6.39. The molecule has 4 heteroatoms. The molecule has 2 nitrogen and oxygen atoms in total. The number of halogens is 2. The molecular weight excluding hydrogens is 543 g/mol. The van der Waals surface area contributed by atoms with Gasteiger partial charge in [0, 0.05) is 0 Å². The number of hydrogen-bond donors (Lipinski definition) is 0. The minimum absolute atomic E-state index is 0.550. The Hall–Kier alpha value is -4.37. The molecule has 0 radical (unpaired) electrons. The first-order chi connectivity index (χ1) is 20.1. The molecule has 8 aromatic carbocycles. The van der Waals surface area contributed by atoms with Crippen LogP contribution in [0, 0.1) is 0 Å². The lowest BCUT2D eigenvalue weighted by molar-refractivity contribution is -0.685. The Bertz CT molecular complexity index is 2160. The van der Waals surface area contributed by atoms with E-state index in [1.165, 1.54) is 75.8 Å². The molecule has 0 bridgehead atoms. The van der Waals surface area contributed by atoms with E-state index in [2.05, 4.69) is 109 Å². The molecular formula is C37H23Cl2N2+. The highest BCUT2D eigenvalue weighted by atomic mass is 35.5. The van der Waals surface area contributed by atoms with E-state index in [4.69, 9.17) is 23.2 Å². The number of hydrogen-bond acceptors (Lipinski definition) is 0. The lowest BCUT2D eigenvalue weighted by Gasteiger charge is -2.12. The van der Waals surface area contributed by atoms with Gasteiger partial charge in [-0.25, -0.2) is 9.13 Å². The van der Waals surface area contributed by atoms with E-state index in [1.54, 1.807) is 0 Å². The third kappa shape index (κ3) is 3.48. The van der Waals surface area contributed by atoms with E-state index in [0.717, 1.165) is 0 Å². The smallest absolute Gasteiger partial charge is 0.215 e. The molecule has 1 aromatic heterocycles. The number of imidazole rings is 1. The Morgan fingerprint density at radius 3 is 1.34 bits per heavy atom. The molecule has 0 amide bonds. The Morgan fingerprint density at radius 2 is 0.878 bits per heavy atom. The molecule has 1 heterocycles. The highest BCUT2D eigenvalue weighted by Crippen LogP contribution is 2.37. The summed E-state index contributed by atoms with van der Waals surface area (Å²) in [6.45, 7) is 1.28. The minimum atomic E-state index is 0.550. The zero-order valence-corrected chi connectivity index (χ0v) is 23.5. The van der Waals surface area contributed by atoms with Crippen LogP contribution in [-0.4, -0.2) is 4.57 Å². The zero-order valence-electron chi connectivity index (χ0n) is 22.0. The van der Waals surface area contributed by atoms with Crippen LogP contribution in [0.2, 0.25) is 10.3 Å². The monoisotopic (exact) mass is 565 g/mol. The van der Waals surface area contributed by atoms with Gasteiger partial charge < -0.3 is 0 Å². The van der Waals surface area contributed by atoms with Gasteiger partial charge in [-0.2, -0.15) is 0 Å². The Kier molecular flexibility index (Phi) is 4.88. The third-order valence-corrected chi connectivity index (χ3v) is 9.59. The first kappa shape index (κ1) is 23.3. The van der Waals surface area contributed by atoms with Crippen LogP contribution in [-0.2, 0) is 13.1 Å².